The van der Waals surface area contributed by atoms with Crippen LogP contribution in [0.2, 0.25) is 0 Å². The van der Waals surface area contributed by atoms with Crippen molar-refractivity contribution in [1.82, 2.24) is 14.7 Å². The zero-order chi connectivity index (χ0) is 22.2. The Labute approximate surface area is 181 Å². The van der Waals surface area contributed by atoms with Gasteiger partial charge in [0.05, 0.1) is 12.0 Å². The number of ether oxygens (including phenoxy) is 1. The third-order valence-corrected chi connectivity index (χ3v) is 5.14. The zero-order valence-corrected chi connectivity index (χ0v) is 17.7. The number of amides is 1. The maximum Gasteiger partial charge on any atom is 0.306 e. The maximum atomic E-state index is 13.2. The van der Waals surface area contributed by atoms with Crippen LogP contribution >= 0.6 is 0 Å². The highest BCUT2D eigenvalue weighted by molar-refractivity contribution is 5.76. The molecule has 0 spiro atoms. The van der Waals surface area contributed by atoms with E-state index in [9.17, 15) is 14.9 Å². The van der Waals surface area contributed by atoms with Crippen molar-refractivity contribution in [1.29, 1.82) is 0 Å². The number of aryl methyl sites for hydroxylation is 1. The van der Waals surface area contributed by atoms with Crippen molar-refractivity contribution in [2.75, 3.05) is 7.11 Å². The predicted octanol–water partition coefficient (Wildman–Crippen LogP) is 3.85. The van der Waals surface area contributed by atoms with Crippen LogP contribution in [0.3, 0.4) is 0 Å². The molecule has 0 aliphatic carbocycles. The number of methoxy groups -OCH3 is 1. The standard InChI is InChI=1S/C23H26N4O4/c1-18(14-20-10-6-7-11-22(20)31-2)26(16-19-8-4-3-5-9-19)23(28)12-13-25-17-21(15-24-25)27(29)30/h3-11,15,17-18H,12-14,16H2,1-2H3. The lowest BCUT2D eigenvalue weighted by Gasteiger charge is -2.30. The Balaban J connectivity index is 1.74. The van der Waals surface area contributed by atoms with Gasteiger partial charge in [-0.2, -0.15) is 5.10 Å². The lowest BCUT2D eigenvalue weighted by molar-refractivity contribution is -0.385. The summed E-state index contributed by atoms with van der Waals surface area (Å²) >= 11 is 0. The molecule has 0 aliphatic heterocycles. The number of nitro groups is 1. The Morgan fingerprint density at radius 3 is 2.58 bits per heavy atom. The van der Waals surface area contributed by atoms with Gasteiger partial charge in [-0.25, -0.2) is 0 Å². The molecule has 0 saturated carbocycles. The van der Waals surface area contributed by atoms with Crippen molar-refractivity contribution in [3.63, 3.8) is 0 Å². The van der Waals surface area contributed by atoms with Crippen LogP contribution in [0.5, 0.6) is 5.75 Å². The summed E-state index contributed by atoms with van der Waals surface area (Å²) in [6.45, 7) is 2.78. The molecular weight excluding hydrogens is 396 g/mol. The molecule has 1 heterocycles. The summed E-state index contributed by atoms with van der Waals surface area (Å²) in [6, 6.07) is 17.5. The van der Waals surface area contributed by atoms with E-state index in [0.717, 1.165) is 16.9 Å². The summed E-state index contributed by atoms with van der Waals surface area (Å²) in [5.74, 6) is 0.759. The van der Waals surface area contributed by atoms with E-state index >= 15 is 0 Å². The molecule has 0 saturated heterocycles. The number of para-hydroxylation sites is 1. The van der Waals surface area contributed by atoms with Crippen LogP contribution in [-0.2, 0) is 24.3 Å². The summed E-state index contributed by atoms with van der Waals surface area (Å²) in [6.07, 6.45) is 3.38. The lowest BCUT2D eigenvalue weighted by Crippen LogP contribution is -2.39. The number of rotatable bonds is 10. The minimum absolute atomic E-state index is 0.0376. The molecule has 1 unspecified atom stereocenters. The third kappa shape index (κ3) is 5.91. The summed E-state index contributed by atoms with van der Waals surface area (Å²) in [5, 5.41) is 14.8. The first-order valence-electron chi connectivity index (χ1n) is 10.1. The molecule has 2 aromatic carbocycles. The highest BCUT2D eigenvalue weighted by Crippen LogP contribution is 2.22. The molecule has 31 heavy (non-hydrogen) atoms. The van der Waals surface area contributed by atoms with E-state index in [-0.39, 0.29) is 30.6 Å². The van der Waals surface area contributed by atoms with Gasteiger partial charge in [0.15, 0.2) is 0 Å². The Hall–Kier alpha value is -3.68. The maximum absolute atomic E-state index is 13.2. The largest absolute Gasteiger partial charge is 0.496 e. The molecule has 1 amide bonds. The van der Waals surface area contributed by atoms with Gasteiger partial charge in [0.1, 0.15) is 18.1 Å². The molecule has 0 N–H and O–H groups in total. The third-order valence-electron chi connectivity index (χ3n) is 5.14. The van der Waals surface area contributed by atoms with Gasteiger partial charge < -0.3 is 9.64 Å². The van der Waals surface area contributed by atoms with Crippen LogP contribution in [0.15, 0.2) is 67.0 Å². The number of carbonyl (C=O) groups excluding carboxylic acids is 1. The van der Waals surface area contributed by atoms with E-state index in [0.29, 0.717) is 13.0 Å². The highest BCUT2D eigenvalue weighted by Gasteiger charge is 2.22. The van der Waals surface area contributed by atoms with E-state index in [1.54, 1.807) is 7.11 Å². The minimum Gasteiger partial charge on any atom is -0.496 e. The minimum atomic E-state index is -0.498. The van der Waals surface area contributed by atoms with Gasteiger partial charge in [0.2, 0.25) is 5.91 Å². The molecule has 1 aromatic heterocycles. The van der Waals surface area contributed by atoms with Crippen molar-refractivity contribution in [3.8, 4) is 5.75 Å². The number of benzene rings is 2. The van der Waals surface area contributed by atoms with E-state index in [1.807, 2.05) is 66.4 Å². The van der Waals surface area contributed by atoms with Crippen LogP contribution in [0.25, 0.3) is 0 Å². The molecule has 0 bridgehead atoms. The first kappa shape index (κ1) is 22.0. The zero-order valence-electron chi connectivity index (χ0n) is 17.7. The summed E-state index contributed by atoms with van der Waals surface area (Å²) in [5.41, 5.74) is 1.99. The van der Waals surface area contributed by atoms with Crippen LogP contribution in [0.1, 0.15) is 24.5 Å². The summed E-state index contributed by atoms with van der Waals surface area (Å²) < 4.78 is 6.89. The molecule has 8 nitrogen and oxygen atoms in total. The van der Waals surface area contributed by atoms with Crippen molar-refractivity contribution in [2.45, 2.75) is 38.9 Å². The fraction of sp³-hybridized carbons (Fsp3) is 0.304. The van der Waals surface area contributed by atoms with Gasteiger partial charge in [-0.15, -0.1) is 0 Å². The molecule has 8 heteroatoms. The van der Waals surface area contributed by atoms with Gasteiger partial charge in [-0.1, -0.05) is 48.5 Å². The second-order valence-corrected chi connectivity index (χ2v) is 7.34. The Morgan fingerprint density at radius 1 is 1.19 bits per heavy atom. The normalized spacial score (nSPS) is 11.7. The van der Waals surface area contributed by atoms with Crippen molar-refractivity contribution in [2.24, 2.45) is 0 Å². The van der Waals surface area contributed by atoms with Crippen molar-refractivity contribution >= 4 is 11.6 Å². The average molecular weight is 422 g/mol. The number of hydrogen-bond acceptors (Lipinski definition) is 5. The van der Waals surface area contributed by atoms with E-state index < -0.39 is 4.92 Å². The number of nitrogens with zero attached hydrogens (tertiary/aromatic N) is 4. The Kier molecular flexibility index (Phi) is 7.37. The van der Waals surface area contributed by atoms with Crippen LogP contribution in [-0.4, -0.2) is 38.7 Å². The fourth-order valence-electron chi connectivity index (χ4n) is 3.49. The molecule has 1 atom stereocenters. The lowest BCUT2D eigenvalue weighted by atomic mass is 10.0. The predicted molar refractivity (Wildman–Crippen MR) is 117 cm³/mol. The first-order valence-corrected chi connectivity index (χ1v) is 10.1. The molecule has 0 fully saturated rings. The van der Waals surface area contributed by atoms with Gasteiger partial charge in [-0.05, 0) is 30.5 Å². The van der Waals surface area contributed by atoms with E-state index in [1.165, 1.54) is 17.1 Å². The number of carbonyl (C=O) groups is 1. The number of hydrogen-bond donors (Lipinski definition) is 0. The Morgan fingerprint density at radius 2 is 1.90 bits per heavy atom. The van der Waals surface area contributed by atoms with Gasteiger partial charge in [0.25, 0.3) is 0 Å². The second kappa shape index (κ2) is 10.4. The molecule has 162 valence electrons. The SMILES string of the molecule is COc1ccccc1CC(C)N(Cc1ccccc1)C(=O)CCn1cc([N+](=O)[O-])cn1. The van der Waals surface area contributed by atoms with E-state index in [2.05, 4.69) is 5.10 Å². The second-order valence-electron chi connectivity index (χ2n) is 7.34. The topological polar surface area (TPSA) is 90.5 Å². The summed E-state index contributed by atoms with van der Waals surface area (Å²) in [7, 11) is 1.64. The van der Waals surface area contributed by atoms with E-state index in [4.69, 9.17) is 4.74 Å². The van der Waals surface area contributed by atoms with Gasteiger partial charge in [-0.3, -0.25) is 19.6 Å². The average Bonchev–Trinajstić information content (AvgIpc) is 3.26. The molecular formula is C23H26N4O4. The molecule has 0 aliphatic rings. The molecule has 3 aromatic rings. The molecule has 3 rings (SSSR count). The van der Waals surface area contributed by atoms with Crippen molar-refractivity contribution < 1.29 is 14.5 Å². The Bertz CT molecular complexity index is 1020. The smallest absolute Gasteiger partial charge is 0.306 e. The number of aromatic nitrogens is 2. The van der Waals surface area contributed by atoms with Crippen LogP contribution in [0, 0.1) is 10.1 Å². The monoisotopic (exact) mass is 422 g/mol. The molecule has 0 radical (unpaired) electrons. The van der Waals surface area contributed by atoms with Crippen LogP contribution in [0.4, 0.5) is 5.69 Å². The first-order chi connectivity index (χ1) is 15.0. The quantitative estimate of drug-likeness (QED) is 0.366. The van der Waals surface area contributed by atoms with Gasteiger partial charge in [0, 0.05) is 25.6 Å². The van der Waals surface area contributed by atoms with Crippen LogP contribution < -0.4 is 4.74 Å². The van der Waals surface area contributed by atoms with Crippen molar-refractivity contribution in [3.05, 3.63) is 88.2 Å². The highest BCUT2D eigenvalue weighted by atomic mass is 16.6. The summed E-state index contributed by atoms with van der Waals surface area (Å²) in [4.78, 5) is 25.4. The fourth-order valence-corrected chi connectivity index (χ4v) is 3.49. The van der Waals surface area contributed by atoms with Gasteiger partial charge >= 0.3 is 5.69 Å².